The van der Waals surface area contributed by atoms with Crippen LogP contribution in [0, 0.1) is 0 Å². The van der Waals surface area contributed by atoms with E-state index >= 15 is 0 Å². The number of rotatable bonds is 9. The molecule has 2 aromatic carbocycles. The molecule has 28 heavy (non-hydrogen) atoms. The van der Waals surface area contributed by atoms with Crippen LogP contribution in [0.3, 0.4) is 0 Å². The van der Waals surface area contributed by atoms with Crippen LogP contribution in [0.5, 0.6) is 5.75 Å². The molecule has 0 aliphatic carbocycles. The number of nitrogens with one attached hydrogen (secondary N) is 1. The van der Waals surface area contributed by atoms with E-state index in [0.717, 1.165) is 22.7 Å². The maximum atomic E-state index is 12.2. The second-order valence-electron chi connectivity index (χ2n) is 6.74. The highest BCUT2D eigenvalue weighted by Crippen LogP contribution is 2.20. The Morgan fingerprint density at radius 1 is 1.00 bits per heavy atom. The Bertz CT molecular complexity index is 788. The molecule has 150 valence electrons. The number of anilines is 2. The van der Waals surface area contributed by atoms with E-state index in [-0.39, 0.29) is 18.2 Å². The molecular weight excluding hydrogens is 354 g/mol. The SMILES string of the molecule is COc1ccccc1CCNC(=O)CCN(C(C)=O)c1ccc(N(C)C)cc1. The highest BCUT2D eigenvalue weighted by molar-refractivity contribution is 5.92. The molecule has 0 atom stereocenters. The van der Waals surface area contributed by atoms with Gasteiger partial charge in [0.2, 0.25) is 11.8 Å². The molecule has 0 saturated carbocycles. The molecular formula is C22H29N3O3. The number of carbonyl (C=O) groups is 2. The van der Waals surface area contributed by atoms with Crippen LogP contribution in [0.15, 0.2) is 48.5 Å². The zero-order valence-corrected chi connectivity index (χ0v) is 17.1. The summed E-state index contributed by atoms with van der Waals surface area (Å²) in [6.45, 7) is 2.38. The van der Waals surface area contributed by atoms with E-state index in [1.54, 1.807) is 12.0 Å². The summed E-state index contributed by atoms with van der Waals surface area (Å²) in [6.07, 6.45) is 0.944. The third-order valence-electron chi connectivity index (χ3n) is 4.53. The zero-order chi connectivity index (χ0) is 20.5. The molecule has 0 saturated heterocycles. The Kier molecular flexibility index (Phi) is 7.87. The minimum atomic E-state index is -0.0839. The van der Waals surface area contributed by atoms with Crippen molar-refractivity contribution in [2.75, 3.05) is 44.1 Å². The van der Waals surface area contributed by atoms with E-state index in [2.05, 4.69) is 5.32 Å². The number of hydrogen-bond donors (Lipinski definition) is 1. The first-order valence-corrected chi connectivity index (χ1v) is 9.36. The van der Waals surface area contributed by atoms with Gasteiger partial charge in [0, 0.05) is 51.9 Å². The van der Waals surface area contributed by atoms with Crippen LogP contribution in [0.2, 0.25) is 0 Å². The molecule has 1 N–H and O–H groups in total. The van der Waals surface area contributed by atoms with Gasteiger partial charge in [0.15, 0.2) is 0 Å². The van der Waals surface area contributed by atoms with Crippen LogP contribution in [-0.4, -0.2) is 46.1 Å². The van der Waals surface area contributed by atoms with E-state index in [1.165, 1.54) is 6.92 Å². The number of para-hydroxylation sites is 1. The largest absolute Gasteiger partial charge is 0.496 e. The molecule has 0 aliphatic heterocycles. The van der Waals surface area contributed by atoms with Gasteiger partial charge >= 0.3 is 0 Å². The fourth-order valence-electron chi connectivity index (χ4n) is 2.95. The average Bonchev–Trinajstić information content (AvgIpc) is 2.68. The fraction of sp³-hybridized carbons (Fsp3) is 0.364. The lowest BCUT2D eigenvalue weighted by atomic mass is 10.1. The smallest absolute Gasteiger partial charge is 0.223 e. The highest BCUT2D eigenvalue weighted by atomic mass is 16.5. The van der Waals surface area contributed by atoms with Crippen LogP contribution in [0.25, 0.3) is 0 Å². The molecule has 6 heteroatoms. The summed E-state index contributed by atoms with van der Waals surface area (Å²) in [5, 5.41) is 2.91. The Morgan fingerprint density at radius 2 is 1.64 bits per heavy atom. The van der Waals surface area contributed by atoms with Gasteiger partial charge in [-0.3, -0.25) is 9.59 Å². The fourth-order valence-corrected chi connectivity index (χ4v) is 2.95. The molecule has 0 bridgehead atoms. The molecule has 2 rings (SSSR count). The highest BCUT2D eigenvalue weighted by Gasteiger charge is 2.14. The first-order valence-electron chi connectivity index (χ1n) is 9.36. The Balaban J connectivity index is 1.85. The first-order chi connectivity index (χ1) is 13.4. The van der Waals surface area contributed by atoms with Gasteiger partial charge < -0.3 is 19.9 Å². The van der Waals surface area contributed by atoms with Crippen LogP contribution in [-0.2, 0) is 16.0 Å². The van der Waals surface area contributed by atoms with Crippen molar-refractivity contribution in [3.8, 4) is 5.75 Å². The molecule has 2 aromatic rings. The molecule has 0 radical (unpaired) electrons. The van der Waals surface area contributed by atoms with Crippen molar-refractivity contribution in [1.82, 2.24) is 5.32 Å². The number of nitrogens with zero attached hydrogens (tertiary/aromatic N) is 2. The lowest BCUT2D eigenvalue weighted by Crippen LogP contribution is -2.34. The number of hydrogen-bond acceptors (Lipinski definition) is 4. The molecule has 0 fully saturated rings. The Hall–Kier alpha value is -3.02. The lowest BCUT2D eigenvalue weighted by Gasteiger charge is -2.22. The summed E-state index contributed by atoms with van der Waals surface area (Å²) in [6, 6.07) is 15.5. The minimum Gasteiger partial charge on any atom is -0.496 e. The van der Waals surface area contributed by atoms with Gasteiger partial charge in [0.25, 0.3) is 0 Å². The summed E-state index contributed by atoms with van der Waals surface area (Å²) in [4.78, 5) is 27.8. The van der Waals surface area contributed by atoms with E-state index in [4.69, 9.17) is 4.74 Å². The normalized spacial score (nSPS) is 10.3. The number of carbonyl (C=O) groups excluding carboxylic acids is 2. The maximum absolute atomic E-state index is 12.2. The van der Waals surface area contributed by atoms with Gasteiger partial charge in [0.05, 0.1) is 7.11 Å². The topological polar surface area (TPSA) is 61.9 Å². The first kappa shape index (κ1) is 21.3. The molecule has 0 aromatic heterocycles. The quantitative estimate of drug-likeness (QED) is 0.723. The Labute approximate surface area is 167 Å². The standard InChI is InChI=1S/C22H29N3O3/c1-17(26)25(20-11-9-19(10-12-20)24(2)3)16-14-22(27)23-15-13-18-7-5-6-8-21(18)28-4/h5-12H,13-16H2,1-4H3,(H,23,27). The van der Waals surface area contributed by atoms with Crippen molar-refractivity contribution < 1.29 is 14.3 Å². The number of amides is 2. The van der Waals surface area contributed by atoms with Crippen LogP contribution < -0.4 is 19.9 Å². The Morgan fingerprint density at radius 3 is 2.25 bits per heavy atom. The van der Waals surface area contributed by atoms with Crippen LogP contribution in [0.4, 0.5) is 11.4 Å². The van der Waals surface area contributed by atoms with E-state index in [0.29, 0.717) is 19.5 Å². The van der Waals surface area contributed by atoms with E-state index in [1.807, 2.05) is 67.5 Å². The molecule has 0 spiro atoms. The van der Waals surface area contributed by atoms with E-state index in [9.17, 15) is 9.59 Å². The van der Waals surface area contributed by atoms with Crippen molar-refractivity contribution in [3.05, 3.63) is 54.1 Å². The molecule has 6 nitrogen and oxygen atoms in total. The van der Waals surface area contributed by atoms with Crippen LogP contribution >= 0.6 is 0 Å². The van der Waals surface area contributed by atoms with E-state index < -0.39 is 0 Å². The van der Waals surface area contributed by atoms with Crippen LogP contribution in [0.1, 0.15) is 18.9 Å². The van der Waals surface area contributed by atoms with Gasteiger partial charge in [-0.15, -0.1) is 0 Å². The monoisotopic (exact) mass is 383 g/mol. The molecule has 0 unspecified atom stereocenters. The predicted molar refractivity (Wildman–Crippen MR) is 113 cm³/mol. The third-order valence-corrected chi connectivity index (χ3v) is 4.53. The summed E-state index contributed by atoms with van der Waals surface area (Å²) in [5.41, 5.74) is 2.90. The van der Waals surface area contributed by atoms with Gasteiger partial charge in [-0.25, -0.2) is 0 Å². The summed E-state index contributed by atoms with van der Waals surface area (Å²) in [7, 11) is 5.57. The number of ether oxygens (including phenoxy) is 1. The predicted octanol–water partition coefficient (Wildman–Crippen LogP) is 2.86. The van der Waals surface area contributed by atoms with Crippen molar-refractivity contribution in [2.24, 2.45) is 0 Å². The van der Waals surface area contributed by atoms with Crippen molar-refractivity contribution >= 4 is 23.2 Å². The number of methoxy groups -OCH3 is 1. The van der Waals surface area contributed by atoms with Gasteiger partial charge in [-0.05, 0) is 42.3 Å². The third kappa shape index (κ3) is 6.01. The summed E-state index contributed by atoms with van der Waals surface area (Å²) in [5.74, 6) is 0.658. The van der Waals surface area contributed by atoms with Gasteiger partial charge in [-0.2, -0.15) is 0 Å². The minimum absolute atomic E-state index is 0.0777. The number of benzene rings is 2. The molecule has 0 heterocycles. The van der Waals surface area contributed by atoms with Gasteiger partial charge in [-0.1, -0.05) is 18.2 Å². The second-order valence-corrected chi connectivity index (χ2v) is 6.74. The molecule has 2 amide bonds. The summed E-state index contributed by atoms with van der Waals surface area (Å²) >= 11 is 0. The van der Waals surface area contributed by atoms with Gasteiger partial charge in [0.1, 0.15) is 5.75 Å². The maximum Gasteiger partial charge on any atom is 0.223 e. The molecule has 0 aliphatic rings. The second kappa shape index (κ2) is 10.3. The van der Waals surface area contributed by atoms with Crippen molar-refractivity contribution in [2.45, 2.75) is 19.8 Å². The summed E-state index contributed by atoms with van der Waals surface area (Å²) < 4.78 is 5.32. The lowest BCUT2D eigenvalue weighted by molar-refractivity contribution is -0.121. The average molecular weight is 383 g/mol. The van der Waals surface area contributed by atoms with Crippen molar-refractivity contribution in [3.63, 3.8) is 0 Å². The zero-order valence-electron chi connectivity index (χ0n) is 17.1. The van der Waals surface area contributed by atoms with Crippen molar-refractivity contribution in [1.29, 1.82) is 0 Å².